The molecule has 4 heterocycles. The van der Waals surface area contributed by atoms with Crippen LogP contribution in [0, 0.1) is 19.3 Å². The highest BCUT2D eigenvalue weighted by Gasteiger charge is 2.36. The van der Waals surface area contributed by atoms with Crippen LogP contribution in [-0.2, 0) is 22.5 Å². The molecule has 3 aromatic rings. The molecule has 44 heavy (non-hydrogen) atoms. The number of pyridine rings is 1. The lowest BCUT2D eigenvalue weighted by Crippen LogP contribution is -2.39. The van der Waals surface area contributed by atoms with E-state index in [9.17, 15) is 9.90 Å². The second kappa shape index (κ2) is 12.3. The zero-order valence-electron chi connectivity index (χ0n) is 27.6. The molecule has 1 saturated heterocycles. The third kappa shape index (κ3) is 6.83. The van der Waals surface area contributed by atoms with Crippen molar-refractivity contribution in [2.45, 2.75) is 92.9 Å². The van der Waals surface area contributed by atoms with E-state index in [1.165, 1.54) is 11.1 Å². The van der Waals surface area contributed by atoms with Crippen molar-refractivity contribution >= 4 is 23.3 Å². The lowest BCUT2D eigenvalue weighted by Gasteiger charge is -2.41. The molecule has 0 bridgehead atoms. The molecule has 5 rings (SSSR count). The van der Waals surface area contributed by atoms with E-state index in [2.05, 4.69) is 64.1 Å². The van der Waals surface area contributed by atoms with E-state index in [4.69, 9.17) is 9.72 Å². The molecule has 0 spiro atoms. The summed E-state index contributed by atoms with van der Waals surface area (Å²) in [6, 6.07) is 8.69. The van der Waals surface area contributed by atoms with E-state index in [0.29, 0.717) is 11.3 Å². The van der Waals surface area contributed by atoms with Gasteiger partial charge in [-0.2, -0.15) is 0 Å². The van der Waals surface area contributed by atoms with Crippen LogP contribution in [0.4, 0.5) is 17.3 Å². The van der Waals surface area contributed by atoms with E-state index in [1.807, 2.05) is 40.7 Å². The van der Waals surface area contributed by atoms with Crippen LogP contribution in [0.1, 0.15) is 88.6 Å². The fourth-order valence-corrected chi connectivity index (χ4v) is 6.46. The van der Waals surface area contributed by atoms with Crippen molar-refractivity contribution in [2.75, 3.05) is 41.3 Å². The Morgan fingerprint density at radius 3 is 2.43 bits per heavy atom. The molecule has 0 unspecified atom stereocenters. The summed E-state index contributed by atoms with van der Waals surface area (Å²) >= 11 is 0. The van der Waals surface area contributed by atoms with E-state index in [0.717, 1.165) is 86.1 Å². The molecule has 9 heteroatoms. The number of aliphatic carboxylic acids is 1. The van der Waals surface area contributed by atoms with Gasteiger partial charge in [-0.15, -0.1) is 0 Å². The molecule has 1 aromatic carbocycles. The Kier molecular flexibility index (Phi) is 8.89. The summed E-state index contributed by atoms with van der Waals surface area (Å²) in [5.41, 5.74) is 7.47. The van der Waals surface area contributed by atoms with E-state index in [-0.39, 0.29) is 5.41 Å². The molecule has 1 atom stereocenters. The number of nitrogens with zero attached hydrogens (tertiary/aromatic N) is 5. The second-order valence-corrected chi connectivity index (χ2v) is 14.0. The van der Waals surface area contributed by atoms with Crippen molar-refractivity contribution in [1.29, 1.82) is 0 Å². The van der Waals surface area contributed by atoms with Gasteiger partial charge in [0.25, 0.3) is 0 Å². The molecule has 0 aliphatic carbocycles. The maximum absolute atomic E-state index is 12.8. The van der Waals surface area contributed by atoms with Crippen LogP contribution in [0.25, 0.3) is 11.1 Å². The molecule has 9 nitrogen and oxygen atoms in total. The zero-order chi connectivity index (χ0) is 31.8. The van der Waals surface area contributed by atoms with Crippen LogP contribution in [0.3, 0.4) is 0 Å². The summed E-state index contributed by atoms with van der Waals surface area (Å²) in [5.74, 6) is 0.758. The average molecular weight is 601 g/mol. The molecular weight excluding hydrogens is 552 g/mol. The number of piperidine rings is 1. The van der Waals surface area contributed by atoms with Crippen molar-refractivity contribution in [1.82, 2.24) is 15.0 Å². The normalized spacial score (nSPS) is 17.3. The maximum Gasteiger partial charge on any atom is 0.337 e. The van der Waals surface area contributed by atoms with Crippen LogP contribution in [-0.4, -0.2) is 57.8 Å². The number of fused-ring (bicyclic) bond motifs is 1. The number of hydrogen-bond donors (Lipinski definition) is 2. The van der Waals surface area contributed by atoms with Gasteiger partial charge in [0.2, 0.25) is 0 Å². The highest BCUT2D eigenvalue weighted by Crippen LogP contribution is 2.45. The standard InChI is InChI=1S/C35H48N6O3/c1-9-36-27-19-28(38-21-37-27)41-15-12-24-18-25(10-11-26(24)20-41)29-22(2)39-23(3)30(32(33(42)43)44-34(4,5)6)31(29)40-16-13-35(7,8)14-17-40/h10-11,18-19,21,32H,9,12-17,20H2,1-8H3,(H,42,43)(H,36,37,38)/t32-/m0/s1. The van der Waals surface area contributed by atoms with Crippen molar-refractivity contribution in [3.8, 4) is 11.1 Å². The van der Waals surface area contributed by atoms with Gasteiger partial charge >= 0.3 is 5.97 Å². The van der Waals surface area contributed by atoms with Crippen molar-refractivity contribution in [2.24, 2.45) is 5.41 Å². The number of carboxylic acids is 1. The summed E-state index contributed by atoms with van der Waals surface area (Å²) < 4.78 is 6.25. The third-order valence-corrected chi connectivity index (χ3v) is 8.81. The van der Waals surface area contributed by atoms with Gasteiger partial charge in [-0.05, 0) is 82.9 Å². The number of carboxylic acid groups (broad SMARTS) is 1. The van der Waals surface area contributed by atoms with E-state index >= 15 is 0 Å². The van der Waals surface area contributed by atoms with Crippen molar-refractivity contribution in [3.05, 3.63) is 58.7 Å². The Morgan fingerprint density at radius 1 is 1.05 bits per heavy atom. The largest absolute Gasteiger partial charge is 0.479 e. The lowest BCUT2D eigenvalue weighted by molar-refractivity contribution is -0.160. The highest BCUT2D eigenvalue weighted by atomic mass is 16.5. The summed E-state index contributed by atoms with van der Waals surface area (Å²) in [5, 5.41) is 13.8. The molecular formula is C35H48N6O3. The number of aryl methyl sites for hydroxylation is 2. The number of benzene rings is 1. The molecule has 2 aliphatic heterocycles. The maximum atomic E-state index is 12.8. The Hall–Kier alpha value is -3.72. The molecule has 2 aliphatic rings. The molecule has 236 valence electrons. The van der Waals surface area contributed by atoms with Crippen LogP contribution >= 0.6 is 0 Å². The first-order valence-corrected chi connectivity index (χ1v) is 15.9. The Morgan fingerprint density at radius 2 is 1.77 bits per heavy atom. The van der Waals surface area contributed by atoms with Crippen LogP contribution in [0.5, 0.6) is 0 Å². The van der Waals surface area contributed by atoms with Gasteiger partial charge in [-0.25, -0.2) is 14.8 Å². The van der Waals surface area contributed by atoms with Crippen LogP contribution in [0.2, 0.25) is 0 Å². The van der Waals surface area contributed by atoms with Gasteiger partial charge in [-0.1, -0.05) is 32.0 Å². The number of carbonyl (C=O) groups is 1. The Balaban J connectivity index is 1.59. The molecule has 0 amide bonds. The summed E-state index contributed by atoms with van der Waals surface area (Å²) in [4.78, 5) is 31.3. The third-order valence-electron chi connectivity index (χ3n) is 8.81. The minimum absolute atomic E-state index is 0.247. The average Bonchev–Trinajstić information content (AvgIpc) is 2.95. The van der Waals surface area contributed by atoms with Gasteiger partial charge < -0.3 is 25.0 Å². The highest BCUT2D eigenvalue weighted by molar-refractivity contribution is 5.88. The number of nitrogens with one attached hydrogen (secondary N) is 1. The zero-order valence-corrected chi connectivity index (χ0v) is 27.6. The molecule has 0 radical (unpaired) electrons. The van der Waals surface area contributed by atoms with Gasteiger partial charge in [0.15, 0.2) is 6.10 Å². The van der Waals surface area contributed by atoms with Crippen molar-refractivity contribution < 1.29 is 14.6 Å². The molecule has 2 aromatic heterocycles. The van der Waals surface area contributed by atoms with Gasteiger partial charge in [0, 0.05) is 61.3 Å². The quantitative estimate of drug-likeness (QED) is 0.292. The summed E-state index contributed by atoms with van der Waals surface area (Å²) in [6.45, 7) is 20.5. The summed E-state index contributed by atoms with van der Waals surface area (Å²) in [7, 11) is 0. The number of ether oxygens (including phenoxy) is 1. The first-order chi connectivity index (χ1) is 20.8. The SMILES string of the molecule is CCNc1cc(N2CCc3cc(-c4c(C)nc(C)c([C@H](OC(C)(C)C)C(=O)O)c4N4CCC(C)(C)CC4)ccc3C2)ncn1. The smallest absolute Gasteiger partial charge is 0.337 e. The second-order valence-electron chi connectivity index (χ2n) is 14.0. The van der Waals surface area contributed by atoms with Gasteiger partial charge in [-0.3, -0.25) is 4.98 Å². The van der Waals surface area contributed by atoms with E-state index < -0.39 is 17.7 Å². The predicted molar refractivity (Wildman–Crippen MR) is 177 cm³/mol. The monoisotopic (exact) mass is 600 g/mol. The first-order valence-electron chi connectivity index (χ1n) is 15.9. The number of aromatic nitrogens is 3. The Labute approximate surface area is 262 Å². The fraction of sp³-hybridized carbons (Fsp3) is 0.543. The molecule has 1 fully saturated rings. The van der Waals surface area contributed by atoms with Crippen LogP contribution < -0.4 is 15.1 Å². The van der Waals surface area contributed by atoms with Crippen molar-refractivity contribution in [3.63, 3.8) is 0 Å². The molecule has 2 N–H and O–H groups in total. The number of anilines is 3. The first kappa shape index (κ1) is 31.7. The molecule has 0 saturated carbocycles. The van der Waals surface area contributed by atoms with Gasteiger partial charge in [0.05, 0.1) is 11.3 Å². The summed E-state index contributed by atoms with van der Waals surface area (Å²) in [6.07, 6.45) is 3.43. The minimum atomic E-state index is -1.13. The topological polar surface area (TPSA) is 104 Å². The van der Waals surface area contributed by atoms with E-state index in [1.54, 1.807) is 6.33 Å². The predicted octanol–water partition coefficient (Wildman–Crippen LogP) is 6.72. The number of hydrogen-bond acceptors (Lipinski definition) is 8. The van der Waals surface area contributed by atoms with Crippen LogP contribution in [0.15, 0.2) is 30.6 Å². The van der Waals surface area contributed by atoms with Gasteiger partial charge in [0.1, 0.15) is 18.0 Å². The lowest BCUT2D eigenvalue weighted by atomic mass is 9.81. The number of rotatable bonds is 8. The minimum Gasteiger partial charge on any atom is -0.479 e. The Bertz CT molecular complexity index is 1520. The fourth-order valence-electron chi connectivity index (χ4n) is 6.46.